The first-order valence-electron chi connectivity index (χ1n) is 8.27. The Labute approximate surface area is 152 Å². The Kier molecular flexibility index (Phi) is 5.46. The molecule has 1 amide bonds. The van der Waals surface area contributed by atoms with Crippen LogP contribution in [0.4, 0.5) is 10.8 Å². The highest BCUT2D eigenvalue weighted by molar-refractivity contribution is 7.18. The number of aromatic nitrogens is 1. The minimum atomic E-state index is -0.0418. The summed E-state index contributed by atoms with van der Waals surface area (Å²) in [5.41, 5.74) is 3.16. The van der Waals surface area contributed by atoms with Crippen LogP contribution in [0.25, 0.3) is 10.4 Å². The molecule has 128 valence electrons. The number of nitrogens with one attached hydrogen (secondary N) is 1. The van der Waals surface area contributed by atoms with Gasteiger partial charge in [-0.2, -0.15) is 0 Å². The number of thiazole rings is 1. The first-order valence-corrected chi connectivity index (χ1v) is 9.09. The van der Waals surface area contributed by atoms with E-state index in [2.05, 4.69) is 29.4 Å². The van der Waals surface area contributed by atoms with Gasteiger partial charge in [0.2, 0.25) is 5.91 Å². The van der Waals surface area contributed by atoms with Crippen LogP contribution in [0.2, 0.25) is 0 Å². The molecule has 2 aromatic carbocycles. The number of anilines is 2. The van der Waals surface area contributed by atoms with Gasteiger partial charge < -0.3 is 10.2 Å². The largest absolute Gasteiger partial charge is 0.342 e. The van der Waals surface area contributed by atoms with Crippen molar-refractivity contribution in [1.29, 1.82) is 0 Å². The molecule has 5 heteroatoms. The highest BCUT2D eigenvalue weighted by Gasteiger charge is 2.13. The van der Waals surface area contributed by atoms with E-state index in [1.807, 2.05) is 60.6 Å². The molecule has 25 heavy (non-hydrogen) atoms. The van der Waals surface area contributed by atoms with E-state index in [1.165, 1.54) is 0 Å². The number of carbonyl (C=O) groups excluding carboxylic acids is 1. The first-order chi connectivity index (χ1) is 12.2. The maximum atomic E-state index is 12.4. The Bertz CT molecular complexity index is 845. The van der Waals surface area contributed by atoms with E-state index in [4.69, 9.17) is 0 Å². The topological polar surface area (TPSA) is 45.2 Å². The number of rotatable bonds is 6. The van der Waals surface area contributed by atoms with Gasteiger partial charge in [-0.1, -0.05) is 66.8 Å². The lowest BCUT2D eigenvalue weighted by molar-refractivity contribution is -0.114. The summed E-state index contributed by atoms with van der Waals surface area (Å²) in [7, 11) is 1.89. The van der Waals surface area contributed by atoms with Crippen LogP contribution < -0.4 is 10.2 Å². The predicted molar refractivity (Wildman–Crippen MR) is 105 cm³/mol. The minimum Gasteiger partial charge on any atom is -0.342 e. The zero-order valence-electron chi connectivity index (χ0n) is 14.4. The molecule has 1 N–H and O–H groups in total. The molecule has 0 saturated heterocycles. The van der Waals surface area contributed by atoms with Crippen LogP contribution >= 0.6 is 11.3 Å². The van der Waals surface area contributed by atoms with E-state index in [9.17, 15) is 4.79 Å². The lowest BCUT2D eigenvalue weighted by Gasteiger charge is -2.16. The van der Waals surface area contributed by atoms with Crippen molar-refractivity contribution in [3.8, 4) is 10.4 Å². The number of para-hydroxylation sites is 1. The fourth-order valence-electron chi connectivity index (χ4n) is 2.60. The van der Waals surface area contributed by atoms with Crippen LogP contribution in [0, 0.1) is 0 Å². The van der Waals surface area contributed by atoms with Gasteiger partial charge in [-0.15, -0.1) is 0 Å². The van der Waals surface area contributed by atoms with Crippen molar-refractivity contribution in [2.24, 2.45) is 0 Å². The number of carbonyl (C=O) groups is 1. The molecule has 0 spiro atoms. The van der Waals surface area contributed by atoms with Gasteiger partial charge in [0.25, 0.3) is 0 Å². The zero-order chi connectivity index (χ0) is 17.6. The van der Waals surface area contributed by atoms with Crippen molar-refractivity contribution in [1.82, 2.24) is 4.98 Å². The fourth-order valence-corrected chi connectivity index (χ4v) is 3.48. The Morgan fingerprint density at radius 2 is 1.84 bits per heavy atom. The van der Waals surface area contributed by atoms with Gasteiger partial charge in [-0.25, -0.2) is 4.98 Å². The lowest BCUT2D eigenvalue weighted by atomic mass is 10.1. The molecular weight excluding hydrogens is 330 g/mol. The SMILES string of the molecule is CCc1ccccc1NC(=O)CN(C)c1ncc(-c2ccccc2)s1. The van der Waals surface area contributed by atoms with Crippen LogP contribution in [0.15, 0.2) is 60.8 Å². The van der Waals surface area contributed by atoms with Gasteiger partial charge in [0.05, 0.1) is 11.4 Å². The van der Waals surface area contributed by atoms with Crippen molar-refractivity contribution in [3.05, 3.63) is 66.4 Å². The molecule has 3 aromatic rings. The average molecular weight is 351 g/mol. The van der Waals surface area contributed by atoms with Gasteiger partial charge in [0.15, 0.2) is 5.13 Å². The quantitative estimate of drug-likeness (QED) is 0.714. The Morgan fingerprint density at radius 3 is 2.60 bits per heavy atom. The molecular formula is C20H21N3OS. The summed E-state index contributed by atoms with van der Waals surface area (Å²) in [5, 5.41) is 3.83. The first kappa shape index (κ1) is 17.2. The van der Waals surface area contributed by atoms with Gasteiger partial charge in [0, 0.05) is 18.9 Å². The van der Waals surface area contributed by atoms with E-state index >= 15 is 0 Å². The fraction of sp³-hybridized carbons (Fsp3) is 0.200. The summed E-state index contributed by atoms with van der Waals surface area (Å²) in [6, 6.07) is 18.0. The second-order valence-electron chi connectivity index (χ2n) is 5.79. The third-order valence-corrected chi connectivity index (χ3v) is 5.09. The third kappa shape index (κ3) is 4.25. The number of hydrogen-bond acceptors (Lipinski definition) is 4. The smallest absolute Gasteiger partial charge is 0.243 e. The molecule has 1 aromatic heterocycles. The molecule has 0 saturated carbocycles. The monoisotopic (exact) mass is 351 g/mol. The molecule has 4 nitrogen and oxygen atoms in total. The van der Waals surface area contributed by atoms with E-state index in [0.29, 0.717) is 0 Å². The van der Waals surface area contributed by atoms with Crippen LogP contribution in [0.5, 0.6) is 0 Å². The summed E-state index contributed by atoms with van der Waals surface area (Å²) >= 11 is 1.58. The molecule has 0 unspecified atom stereocenters. The molecule has 0 aliphatic rings. The highest BCUT2D eigenvalue weighted by Crippen LogP contribution is 2.30. The Balaban J connectivity index is 1.65. The Morgan fingerprint density at radius 1 is 1.12 bits per heavy atom. The van der Waals surface area contributed by atoms with Crippen LogP contribution in [0.1, 0.15) is 12.5 Å². The zero-order valence-corrected chi connectivity index (χ0v) is 15.2. The normalized spacial score (nSPS) is 10.5. The molecule has 0 aliphatic heterocycles. The van der Waals surface area contributed by atoms with Crippen molar-refractivity contribution >= 4 is 28.1 Å². The molecule has 0 atom stereocenters. The summed E-state index contributed by atoms with van der Waals surface area (Å²) < 4.78 is 0. The van der Waals surface area contributed by atoms with Crippen LogP contribution in [0.3, 0.4) is 0 Å². The number of hydrogen-bond donors (Lipinski definition) is 1. The van der Waals surface area contributed by atoms with E-state index in [-0.39, 0.29) is 12.5 Å². The van der Waals surface area contributed by atoms with Gasteiger partial charge in [-0.3, -0.25) is 4.79 Å². The summed E-state index contributed by atoms with van der Waals surface area (Å²) in [6.07, 6.45) is 2.75. The standard InChI is InChI=1S/C20H21N3OS/c1-3-15-9-7-8-12-17(15)22-19(24)14-23(2)20-21-13-18(25-20)16-10-5-4-6-11-16/h4-13H,3,14H2,1-2H3,(H,22,24). The molecule has 1 heterocycles. The average Bonchev–Trinajstić information content (AvgIpc) is 3.13. The van der Waals surface area contributed by atoms with Gasteiger partial charge >= 0.3 is 0 Å². The molecule has 0 bridgehead atoms. The van der Waals surface area contributed by atoms with Crippen molar-refractivity contribution < 1.29 is 4.79 Å². The van der Waals surface area contributed by atoms with Crippen LogP contribution in [-0.2, 0) is 11.2 Å². The number of likely N-dealkylation sites (N-methyl/N-ethyl adjacent to an activating group) is 1. The van der Waals surface area contributed by atoms with Gasteiger partial charge in [0.1, 0.15) is 0 Å². The molecule has 0 radical (unpaired) electrons. The third-order valence-electron chi connectivity index (χ3n) is 3.93. The number of benzene rings is 2. The lowest BCUT2D eigenvalue weighted by Crippen LogP contribution is -2.30. The second kappa shape index (κ2) is 7.94. The van der Waals surface area contributed by atoms with Crippen LogP contribution in [-0.4, -0.2) is 24.5 Å². The predicted octanol–water partition coefficient (Wildman–Crippen LogP) is 4.45. The highest BCUT2D eigenvalue weighted by atomic mass is 32.1. The summed E-state index contributed by atoms with van der Waals surface area (Å²) in [6.45, 7) is 2.34. The van der Waals surface area contributed by atoms with Crippen molar-refractivity contribution in [2.45, 2.75) is 13.3 Å². The van der Waals surface area contributed by atoms with E-state index in [0.717, 1.165) is 33.2 Å². The van der Waals surface area contributed by atoms with Crippen molar-refractivity contribution in [2.75, 3.05) is 23.8 Å². The number of amides is 1. The summed E-state index contributed by atoms with van der Waals surface area (Å²) in [5.74, 6) is -0.0418. The molecule has 3 rings (SSSR count). The number of aryl methyl sites for hydroxylation is 1. The van der Waals surface area contributed by atoms with E-state index < -0.39 is 0 Å². The molecule has 0 fully saturated rings. The maximum Gasteiger partial charge on any atom is 0.243 e. The molecule has 0 aliphatic carbocycles. The maximum absolute atomic E-state index is 12.4. The van der Waals surface area contributed by atoms with E-state index in [1.54, 1.807) is 11.3 Å². The Hall–Kier alpha value is -2.66. The second-order valence-corrected chi connectivity index (χ2v) is 6.80. The van der Waals surface area contributed by atoms with Gasteiger partial charge in [-0.05, 0) is 23.6 Å². The number of nitrogens with zero attached hydrogens (tertiary/aromatic N) is 2. The summed E-state index contributed by atoms with van der Waals surface area (Å²) in [4.78, 5) is 19.8. The minimum absolute atomic E-state index is 0.0418. The van der Waals surface area contributed by atoms with Crippen molar-refractivity contribution in [3.63, 3.8) is 0 Å².